The summed E-state index contributed by atoms with van der Waals surface area (Å²) in [5, 5.41) is 0. The fraction of sp³-hybridized carbons (Fsp3) is 0.833. The first-order chi connectivity index (χ1) is 3.88. The van der Waals surface area contributed by atoms with Crippen molar-refractivity contribution in [2.24, 2.45) is 5.92 Å². The molecule has 0 N–H and O–H groups in total. The summed E-state index contributed by atoms with van der Waals surface area (Å²) in [4.78, 5) is 9.57. The van der Waals surface area contributed by atoms with Crippen LogP contribution < -0.4 is 0 Å². The van der Waals surface area contributed by atoms with Crippen LogP contribution in [-0.4, -0.2) is 12.6 Å². The molecule has 1 radical (unpaired) electrons. The van der Waals surface area contributed by atoms with E-state index in [0.717, 1.165) is 12.8 Å². The van der Waals surface area contributed by atoms with Crippen molar-refractivity contribution in [1.29, 1.82) is 0 Å². The minimum Gasteiger partial charge on any atom is -0.454 e. The Hall–Kier alpha value is -0.530. The van der Waals surface area contributed by atoms with Crippen molar-refractivity contribution < 1.29 is 9.53 Å². The third kappa shape index (κ3) is 0.997. The predicted molar refractivity (Wildman–Crippen MR) is 29.0 cm³/mol. The zero-order chi connectivity index (χ0) is 5.98. The molecule has 0 saturated heterocycles. The van der Waals surface area contributed by atoms with Gasteiger partial charge in [0.25, 0.3) is 0 Å². The van der Waals surface area contributed by atoms with Crippen LogP contribution in [0.3, 0.4) is 0 Å². The number of hydrogen-bond acceptors (Lipinski definition) is 2. The summed E-state index contributed by atoms with van der Waals surface area (Å²) in [7, 11) is 0. The zero-order valence-corrected chi connectivity index (χ0v) is 4.89. The van der Waals surface area contributed by atoms with Gasteiger partial charge in [-0.1, -0.05) is 6.92 Å². The summed E-state index contributed by atoms with van der Waals surface area (Å²) in [6.45, 7) is 3.54. The van der Waals surface area contributed by atoms with Crippen LogP contribution in [0, 0.1) is 5.92 Å². The Morgan fingerprint density at radius 3 is 3.00 bits per heavy atom. The molecule has 1 fully saturated rings. The molecule has 0 spiro atoms. The van der Waals surface area contributed by atoms with Gasteiger partial charge < -0.3 is 4.74 Å². The Morgan fingerprint density at radius 2 is 2.62 bits per heavy atom. The van der Waals surface area contributed by atoms with Gasteiger partial charge in [-0.3, -0.25) is 0 Å². The zero-order valence-electron chi connectivity index (χ0n) is 4.89. The first-order valence-corrected chi connectivity index (χ1v) is 2.91. The van der Waals surface area contributed by atoms with E-state index in [4.69, 9.17) is 0 Å². The highest BCUT2D eigenvalue weighted by Crippen LogP contribution is 2.35. The molecule has 0 bridgehead atoms. The summed E-state index contributed by atoms with van der Waals surface area (Å²) >= 11 is 0. The fourth-order valence-electron chi connectivity index (χ4n) is 0.856. The minimum atomic E-state index is 0.206. The van der Waals surface area contributed by atoms with E-state index in [1.165, 1.54) is 6.47 Å². The average molecular weight is 113 g/mol. The van der Waals surface area contributed by atoms with E-state index in [9.17, 15) is 4.79 Å². The molecule has 0 aromatic rings. The molecule has 1 aliphatic carbocycles. The molecular weight excluding hydrogens is 104 g/mol. The number of carbonyl (C=O) groups excluding carboxylic acids is 1. The lowest BCUT2D eigenvalue weighted by Crippen LogP contribution is -1.92. The van der Waals surface area contributed by atoms with Gasteiger partial charge in [0.05, 0.1) is 0 Å². The average Bonchev–Trinajstić information content (AvgIpc) is 2.48. The Morgan fingerprint density at radius 1 is 1.88 bits per heavy atom. The first-order valence-electron chi connectivity index (χ1n) is 2.91. The van der Waals surface area contributed by atoms with Crippen LogP contribution in [0.4, 0.5) is 0 Å². The van der Waals surface area contributed by atoms with Crippen molar-refractivity contribution in [3.05, 3.63) is 0 Å². The molecule has 2 atom stereocenters. The maximum absolute atomic E-state index is 9.57. The van der Waals surface area contributed by atoms with Crippen LogP contribution in [0.2, 0.25) is 0 Å². The smallest absolute Gasteiger partial charge is 0.417 e. The molecule has 0 heterocycles. The molecule has 0 aromatic carbocycles. The lowest BCUT2D eigenvalue weighted by molar-refractivity contribution is 0.248. The highest BCUT2D eigenvalue weighted by Gasteiger charge is 2.37. The third-order valence-corrected chi connectivity index (χ3v) is 1.58. The second-order valence-electron chi connectivity index (χ2n) is 2.14. The van der Waals surface area contributed by atoms with E-state index in [1.54, 1.807) is 0 Å². The molecule has 1 rings (SSSR count). The van der Waals surface area contributed by atoms with Gasteiger partial charge >= 0.3 is 6.47 Å². The molecule has 1 saturated carbocycles. The van der Waals surface area contributed by atoms with E-state index in [0.29, 0.717) is 5.92 Å². The van der Waals surface area contributed by atoms with E-state index in [-0.39, 0.29) is 6.10 Å². The van der Waals surface area contributed by atoms with Gasteiger partial charge in [-0.15, -0.1) is 0 Å². The molecule has 0 aromatic heterocycles. The SMILES string of the molecule is CCC1CC1O[C]=O. The van der Waals surface area contributed by atoms with Gasteiger partial charge in [-0.05, 0) is 18.8 Å². The molecule has 0 amide bonds. The maximum Gasteiger partial charge on any atom is 0.417 e. The van der Waals surface area contributed by atoms with Crippen molar-refractivity contribution in [2.75, 3.05) is 0 Å². The molecule has 45 valence electrons. The molecule has 2 heteroatoms. The van der Waals surface area contributed by atoms with Crippen molar-refractivity contribution in [1.82, 2.24) is 0 Å². The van der Waals surface area contributed by atoms with E-state index in [2.05, 4.69) is 11.7 Å². The molecule has 1 aliphatic rings. The maximum atomic E-state index is 9.57. The van der Waals surface area contributed by atoms with Crippen molar-refractivity contribution >= 4 is 6.47 Å². The van der Waals surface area contributed by atoms with Crippen LogP contribution >= 0.6 is 0 Å². The Balaban J connectivity index is 2.07. The lowest BCUT2D eigenvalue weighted by Gasteiger charge is -1.88. The first kappa shape index (κ1) is 5.60. The van der Waals surface area contributed by atoms with Crippen LogP contribution in [-0.2, 0) is 9.53 Å². The summed E-state index contributed by atoms with van der Waals surface area (Å²) in [6, 6.07) is 0. The van der Waals surface area contributed by atoms with Crippen molar-refractivity contribution in [2.45, 2.75) is 25.9 Å². The largest absolute Gasteiger partial charge is 0.454 e. The van der Waals surface area contributed by atoms with Gasteiger partial charge in [-0.2, -0.15) is 0 Å². The van der Waals surface area contributed by atoms with Gasteiger partial charge in [0.1, 0.15) is 6.10 Å². The number of ether oxygens (including phenoxy) is 1. The summed E-state index contributed by atoms with van der Waals surface area (Å²) in [5.41, 5.74) is 0. The highest BCUT2D eigenvalue weighted by molar-refractivity contribution is 5.39. The van der Waals surface area contributed by atoms with E-state index in [1.807, 2.05) is 0 Å². The Labute approximate surface area is 48.8 Å². The van der Waals surface area contributed by atoms with Gasteiger partial charge in [0.15, 0.2) is 0 Å². The lowest BCUT2D eigenvalue weighted by atomic mass is 10.3. The summed E-state index contributed by atoms with van der Waals surface area (Å²) in [5.74, 6) is 0.636. The van der Waals surface area contributed by atoms with E-state index >= 15 is 0 Å². The molecule has 8 heavy (non-hydrogen) atoms. The van der Waals surface area contributed by atoms with Crippen LogP contribution in [0.1, 0.15) is 19.8 Å². The van der Waals surface area contributed by atoms with Crippen LogP contribution in [0.15, 0.2) is 0 Å². The standard InChI is InChI=1S/C6H9O2/c1-2-5-3-6(5)8-4-7/h5-6H,2-3H2,1H3. The highest BCUT2D eigenvalue weighted by atomic mass is 16.5. The van der Waals surface area contributed by atoms with Crippen molar-refractivity contribution in [3.8, 4) is 0 Å². The van der Waals surface area contributed by atoms with Gasteiger partial charge in [0.2, 0.25) is 0 Å². The van der Waals surface area contributed by atoms with Crippen LogP contribution in [0.25, 0.3) is 0 Å². The van der Waals surface area contributed by atoms with Gasteiger partial charge in [0, 0.05) is 0 Å². The Bertz CT molecular complexity index is 90.5. The molecule has 0 aliphatic heterocycles. The Kier molecular flexibility index (Phi) is 1.51. The number of hydrogen-bond donors (Lipinski definition) is 0. The summed E-state index contributed by atoms with van der Waals surface area (Å²) < 4.78 is 4.55. The number of rotatable bonds is 3. The molecule has 2 unspecified atom stereocenters. The molecular formula is C6H9O2. The van der Waals surface area contributed by atoms with E-state index < -0.39 is 0 Å². The normalized spacial score (nSPS) is 34.1. The monoisotopic (exact) mass is 113 g/mol. The topological polar surface area (TPSA) is 26.3 Å². The summed E-state index contributed by atoms with van der Waals surface area (Å²) in [6.07, 6.45) is 2.37. The third-order valence-electron chi connectivity index (χ3n) is 1.58. The quantitative estimate of drug-likeness (QED) is 0.542. The second-order valence-corrected chi connectivity index (χ2v) is 2.14. The fourth-order valence-corrected chi connectivity index (χ4v) is 0.856. The minimum absolute atomic E-state index is 0.206. The second kappa shape index (κ2) is 2.16. The molecule has 2 nitrogen and oxygen atoms in total. The van der Waals surface area contributed by atoms with Crippen LogP contribution in [0.5, 0.6) is 0 Å². The van der Waals surface area contributed by atoms with Crippen molar-refractivity contribution in [3.63, 3.8) is 0 Å². The predicted octanol–water partition coefficient (Wildman–Crippen LogP) is 0.869. The van der Waals surface area contributed by atoms with Gasteiger partial charge in [-0.25, -0.2) is 4.79 Å².